The highest BCUT2D eigenvalue weighted by Gasteiger charge is 2.08. The van der Waals surface area contributed by atoms with E-state index in [4.69, 9.17) is 21.8 Å². The van der Waals surface area contributed by atoms with E-state index in [0.717, 1.165) is 17.2 Å². The quantitative estimate of drug-likeness (QED) is 0.486. The molecule has 2 nitrogen and oxygen atoms in total. The van der Waals surface area contributed by atoms with E-state index >= 15 is 0 Å². The van der Waals surface area contributed by atoms with Crippen molar-refractivity contribution in [1.82, 2.24) is 0 Å². The summed E-state index contributed by atoms with van der Waals surface area (Å²) in [6, 6.07) is 20.2. The molecule has 0 saturated carbocycles. The van der Waals surface area contributed by atoms with Crippen LogP contribution in [0, 0.1) is 5.41 Å². The number of isocyanates is 1. The summed E-state index contributed by atoms with van der Waals surface area (Å²) >= 11 is 6.33. The third-order valence-electron chi connectivity index (χ3n) is 2.18. The molecule has 0 bridgehead atoms. The molecular weight excluding hydrogens is 234 g/mol. The van der Waals surface area contributed by atoms with E-state index < -0.39 is 0 Å². The van der Waals surface area contributed by atoms with E-state index in [1.807, 2.05) is 60.7 Å². The Hall–Kier alpha value is -1.89. The summed E-state index contributed by atoms with van der Waals surface area (Å²) in [5.41, 5.74) is 2.28. The van der Waals surface area contributed by atoms with Crippen LogP contribution in [0.5, 0.6) is 0 Å². The van der Waals surface area contributed by atoms with Crippen molar-refractivity contribution < 1.29 is 4.79 Å². The van der Waals surface area contributed by atoms with Crippen LogP contribution in [0.15, 0.2) is 60.7 Å². The number of rotatable bonds is 2. The standard InChI is InChI=1S/C13H11Cl.CHNO/c14-13(11-7-3-1-4-8-11)12-9-5-2-6-10-12;2-1-3/h1-10,13H;2H. The van der Waals surface area contributed by atoms with Gasteiger partial charge in [-0.2, -0.15) is 0 Å². The first-order valence-corrected chi connectivity index (χ1v) is 5.51. The Morgan fingerprint density at radius 2 is 1.18 bits per heavy atom. The lowest BCUT2D eigenvalue weighted by atomic mass is 10.0. The van der Waals surface area contributed by atoms with Crippen molar-refractivity contribution in [2.45, 2.75) is 5.38 Å². The maximum atomic E-state index is 8.35. The molecule has 0 spiro atoms. The van der Waals surface area contributed by atoms with Crippen LogP contribution < -0.4 is 0 Å². The highest BCUT2D eigenvalue weighted by molar-refractivity contribution is 6.22. The summed E-state index contributed by atoms with van der Waals surface area (Å²) < 4.78 is 0. The fraction of sp³-hybridized carbons (Fsp3) is 0.0714. The molecule has 2 aromatic rings. The maximum Gasteiger partial charge on any atom is 0.231 e. The summed E-state index contributed by atoms with van der Waals surface area (Å²) in [5.74, 6) is 0. The molecule has 2 aromatic carbocycles. The van der Waals surface area contributed by atoms with Gasteiger partial charge in [0.05, 0.1) is 5.38 Å². The lowest BCUT2D eigenvalue weighted by molar-refractivity contribution is 0.563. The van der Waals surface area contributed by atoms with Crippen LogP contribution in [0.1, 0.15) is 16.5 Å². The molecule has 0 fully saturated rings. The van der Waals surface area contributed by atoms with Crippen LogP contribution in [-0.4, -0.2) is 6.08 Å². The molecule has 0 unspecified atom stereocenters. The summed E-state index contributed by atoms with van der Waals surface area (Å²) in [7, 11) is 0. The van der Waals surface area contributed by atoms with Gasteiger partial charge in [-0.1, -0.05) is 60.7 Å². The second-order valence-corrected chi connectivity index (χ2v) is 3.72. The molecule has 0 aliphatic rings. The van der Waals surface area contributed by atoms with Crippen molar-refractivity contribution in [3.8, 4) is 0 Å². The van der Waals surface area contributed by atoms with Crippen molar-refractivity contribution >= 4 is 17.7 Å². The topological polar surface area (TPSA) is 40.9 Å². The second kappa shape index (κ2) is 7.39. The fourth-order valence-electron chi connectivity index (χ4n) is 1.44. The third-order valence-corrected chi connectivity index (χ3v) is 2.69. The van der Waals surface area contributed by atoms with Crippen molar-refractivity contribution in [3.63, 3.8) is 0 Å². The van der Waals surface area contributed by atoms with Gasteiger partial charge in [-0.15, -0.1) is 11.6 Å². The van der Waals surface area contributed by atoms with Crippen molar-refractivity contribution in [2.75, 3.05) is 0 Å². The Kier molecular flexibility index (Phi) is 5.73. The first-order chi connectivity index (χ1) is 8.29. The molecule has 0 amide bonds. The van der Waals surface area contributed by atoms with Crippen molar-refractivity contribution in [2.24, 2.45) is 0 Å². The normalized spacial score (nSPS) is 9.06. The lowest BCUT2D eigenvalue weighted by Crippen LogP contribution is -1.91. The molecule has 0 aromatic heterocycles. The Balaban J connectivity index is 0.000000437. The SMILES string of the molecule is ClC(c1ccccc1)c1ccccc1.N=C=O. The predicted octanol–water partition coefficient (Wildman–Crippen LogP) is 3.92. The van der Waals surface area contributed by atoms with Gasteiger partial charge in [0.1, 0.15) is 0 Å². The van der Waals surface area contributed by atoms with E-state index in [1.54, 1.807) is 0 Å². The molecular formula is C14H12ClNO. The van der Waals surface area contributed by atoms with Crippen molar-refractivity contribution in [1.29, 1.82) is 5.41 Å². The van der Waals surface area contributed by atoms with Crippen LogP contribution >= 0.6 is 11.6 Å². The Morgan fingerprint density at radius 1 is 0.882 bits per heavy atom. The summed E-state index contributed by atoms with van der Waals surface area (Å²) in [4.78, 5) is 8.35. The summed E-state index contributed by atoms with van der Waals surface area (Å²) in [5, 5.41) is 5.36. The smallest absolute Gasteiger partial charge is 0.222 e. The molecule has 0 atom stereocenters. The molecule has 0 aliphatic heterocycles. The zero-order chi connectivity index (χ0) is 12.5. The highest BCUT2D eigenvalue weighted by atomic mass is 35.5. The average Bonchev–Trinajstić information content (AvgIpc) is 2.41. The molecule has 86 valence electrons. The van der Waals surface area contributed by atoms with Gasteiger partial charge in [0.2, 0.25) is 6.08 Å². The minimum Gasteiger partial charge on any atom is -0.222 e. The molecule has 2 rings (SSSR count). The zero-order valence-electron chi connectivity index (χ0n) is 9.14. The van der Waals surface area contributed by atoms with E-state index in [0.29, 0.717) is 0 Å². The van der Waals surface area contributed by atoms with Crippen LogP contribution in [0.2, 0.25) is 0 Å². The Morgan fingerprint density at radius 3 is 1.47 bits per heavy atom. The Labute approximate surface area is 105 Å². The molecule has 3 heteroatoms. The molecule has 0 aliphatic carbocycles. The molecule has 1 N–H and O–H groups in total. The summed E-state index contributed by atoms with van der Waals surface area (Å²) in [6.07, 6.45) is 0.750. The van der Waals surface area contributed by atoms with Gasteiger partial charge in [0, 0.05) is 0 Å². The van der Waals surface area contributed by atoms with Gasteiger partial charge < -0.3 is 0 Å². The predicted molar refractivity (Wildman–Crippen MR) is 69.0 cm³/mol. The number of alkyl halides is 1. The minimum absolute atomic E-state index is 0.0441. The van der Waals surface area contributed by atoms with Crippen molar-refractivity contribution in [3.05, 3.63) is 71.8 Å². The van der Waals surface area contributed by atoms with Gasteiger partial charge in [-0.25, -0.2) is 10.2 Å². The van der Waals surface area contributed by atoms with Gasteiger partial charge in [-0.3, -0.25) is 0 Å². The van der Waals surface area contributed by atoms with Gasteiger partial charge >= 0.3 is 0 Å². The van der Waals surface area contributed by atoms with Crippen LogP contribution in [0.3, 0.4) is 0 Å². The van der Waals surface area contributed by atoms with E-state index in [2.05, 4.69) is 0 Å². The van der Waals surface area contributed by atoms with Gasteiger partial charge in [0.25, 0.3) is 0 Å². The maximum absolute atomic E-state index is 8.35. The van der Waals surface area contributed by atoms with E-state index in [9.17, 15) is 0 Å². The first-order valence-electron chi connectivity index (χ1n) is 5.07. The average molecular weight is 246 g/mol. The molecule has 0 heterocycles. The number of benzene rings is 2. The molecule has 0 radical (unpaired) electrons. The minimum atomic E-state index is -0.0441. The van der Waals surface area contributed by atoms with Gasteiger partial charge in [0.15, 0.2) is 0 Å². The highest BCUT2D eigenvalue weighted by Crippen LogP contribution is 2.27. The first kappa shape index (κ1) is 13.2. The van der Waals surface area contributed by atoms with E-state index in [1.165, 1.54) is 0 Å². The third kappa shape index (κ3) is 4.23. The van der Waals surface area contributed by atoms with Crippen LogP contribution in [-0.2, 0) is 4.79 Å². The van der Waals surface area contributed by atoms with Gasteiger partial charge in [-0.05, 0) is 11.1 Å². The number of hydrogen-bond acceptors (Lipinski definition) is 2. The number of hydrogen-bond donors (Lipinski definition) is 1. The zero-order valence-corrected chi connectivity index (χ0v) is 9.89. The number of halogens is 1. The lowest BCUT2D eigenvalue weighted by Gasteiger charge is -2.09. The monoisotopic (exact) mass is 245 g/mol. The molecule has 0 saturated heterocycles. The fourth-order valence-corrected chi connectivity index (χ4v) is 1.73. The summed E-state index contributed by atoms with van der Waals surface area (Å²) in [6.45, 7) is 0. The molecule has 17 heavy (non-hydrogen) atoms. The van der Waals surface area contributed by atoms with E-state index in [-0.39, 0.29) is 5.38 Å². The second-order valence-electron chi connectivity index (χ2n) is 3.29. The number of nitrogens with one attached hydrogen (secondary N) is 1. The Bertz CT molecular complexity index is 425. The van der Waals surface area contributed by atoms with Crippen LogP contribution in [0.25, 0.3) is 0 Å². The number of carbonyl (C=O) groups excluding carboxylic acids is 1. The largest absolute Gasteiger partial charge is 0.231 e. The van der Waals surface area contributed by atoms with Crippen LogP contribution in [0.4, 0.5) is 0 Å².